The predicted molar refractivity (Wildman–Crippen MR) is 87.5 cm³/mol. The van der Waals surface area contributed by atoms with Crippen LogP contribution in [0.15, 0.2) is 23.1 Å². The summed E-state index contributed by atoms with van der Waals surface area (Å²) >= 11 is 0. The van der Waals surface area contributed by atoms with Crippen LogP contribution in [0.4, 0.5) is 0 Å². The molecule has 0 spiro atoms. The third-order valence-electron chi connectivity index (χ3n) is 4.46. The number of rotatable bonds is 5. The van der Waals surface area contributed by atoms with Crippen LogP contribution in [-0.4, -0.2) is 64.1 Å². The molecule has 1 aromatic rings. The number of likely N-dealkylation sites (tertiary alicyclic amines) is 1. The van der Waals surface area contributed by atoms with Gasteiger partial charge in [-0.05, 0) is 38.1 Å². The third kappa shape index (κ3) is 3.72. The first kappa shape index (κ1) is 17.9. The summed E-state index contributed by atoms with van der Waals surface area (Å²) in [5.41, 5.74) is 0.991. The Labute approximate surface area is 138 Å². The highest BCUT2D eigenvalue weighted by Gasteiger charge is 2.33. The summed E-state index contributed by atoms with van der Waals surface area (Å²) in [6.45, 7) is 2.94. The number of methoxy groups -OCH3 is 1. The Kier molecular flexibility index (Phi) is 5.42. The van der Waals surface area contributed by atoms with Crippen LogP contribution < -0.4 is 0 Å². The molecule has 0 saturated carbocycles. The van der Waals surface area contributed by atoms with Crippen LogP contribution in [0.25, 0.3) is 0 Å². The molecule has 2 rings (SSSR count). The minimum absolute atomic E-state index is 0.124. The van der Waals surface area contributed by atoms with E-state index in [9.17, 15) is 8.42 Å². The van der Waals surface area contributed by atoms with Crippen molar-refractivity contribution in [1.29, 1.82) is 5.26 Å². The van der Waals surface area contributed by atoms with Gasteiger partial charge in [0.25, 0.3) is 0 Å². The van der Waals surface area contributed by atoms with Crippen molar-refractivity contribution in [2.24, 2.45) is 0 Å². The van der Waals surface area contributed by atoms with E-state index in [0.717, 1.165) is 13.0 Å². The fourth-order valence-corrected chi connectivity index (χ4v) is 4.38. The van der Waals surface area contributed by atoms with Crippen LogP contribution >= 0.6 is 0 Å². The van der Waals surface area contributed by atoms with E-state index in [1.165, 1.54) is 10.4 Å². The number of hydrogen-bond acceptors (Lipinski definition) is 5. The molecule has 0 bridgehead atoms. The molecule has 0 unspecified atom stereocenters. The molecule has 1 saturated heterocycles. The standard InChI is InChI=1S/C16H23N3O3S/c1-12-5-6-13(9-17)7-16(12)23(20,21)19(3)10-14-8-15(22-4)11-18(14)2/h5-7,14-15H,8,10-11H2,1-4H3/t14-,15-/m0/s1. The molecule has 126 valence electrons. The molecule has 1 fully saturated rings. The second-order valence-electron chi connectivity index (χ2n) is 6.06. The van der Waals surface area contributed by atoms with E-state index < -0.39 is 10.0 Å². The van der Waals surface area contributed by atoms with Crippen LogP contribution in [0.5, 0.6) is 0 Å². The van der Waals surface area contributed by atoms with E-state index in [1.807, 2.05) is 13.1 Å². The Morgan fingerprint density at radius 2 is 2.17 bits per heavy atom. The Morgan fingerprint density at radius 1 is 1.48 bits per heavy atom. The smallest absolute Gasteiger partial charge is 0.243 e. The number of nitriles is 1. The van der Waals surface area contributed by atoms with Crippen molar-refractivity contribution in [3.8, 4) is 6.07 Å². The summed E-state index contributed by atoms with van der Waals surface area (Å²) in [7, 11) is 1.62. The molecule has 0 amide bonds. The average molecular weight is 337 g/mol. The Bertz CT molecular complexity index is 712. The van der Waals surface area contributed by atoms with Crippen LogP contribution in [0, 0.1) is 18.3 Å². The zero-order valence-corrected chi connectivity index (χ0v) is 14.8. The van der Waals surface area contributed by atoms with Crippen LogP contribution in [0.1, 0.15) is 17.5 Å². The van der Waals surface area contributed by atoms with Gasteiger partial charge < -0.3 is 4.74 Å². The summed E-state index contributed by atoms with van der Waals surface area (Å²) in [5, 5.41) is 9.00. The van der Waals surface area contributed by atoms with Gasteiger partial charge >= 0.3 is 0 Å². The molecular formula is C16H23N3O3S. The first-order valence-electron chi connectivity index (χ1n) is 7.49. The Morgan fingerprint density at radius 3 is 2.74 bits per heavy atom. The molecule has 7 heteroatoms. The van der Waals surface area contributed by atoms with E-state index in [1.54, 1.807) is 33.2 Å². The van der Waals surface area contributed by atoms with Crippen molar-refractivity contribution in [2.45, 2.75) is 30.4 Å². The minimum atomic E-state index is -3.62. The average Bonchev–Trinajstić information content (AvgIpc) is 2.87. The maximum Gasteiger partial charge on any atom is 0.243 e. The van der Waals surface area contributed by atoms with Crippen molar-refractivity contribution in [3.05, 3.63) is 29.3 Å². The van der Waals surface area contributed by atoms with Gasteiger partial charge in [-0.25, -0.2) is 8.42 Å². The second kappa shape index (κ2) is 6.97. The number of hydrogen-bond donors (Lipinski definition) is 0. The van der Waals surface area contributed by atoms with Gasteiger partial charge in [0.15, 0.2) is 0 Å². The van der Waals surface area contributed by atoms with Gasteiger partial charge in [-0.15, -0.1) is 0 Å². The number of benzene rings is 1. The van der Waals surface area contributed by atoms with Crippen molar-refractivity contribution >= 4 is 10.0 Å². The topological polar surface area (TPSA) is 73.6 Å². The minimum Gasteiger partial charge on any atom is -0.380 e. The quantitative estimate of drug-likeness (QED) is 0.807. The predicted octanol–water partition coefficient (Wildman–Crippen LogP) is 1.21. The first-order valence-corrected chi connectivity index (χ1v) is 8.93. The highest BCUT2D eigenvalue weighted by atomic mass is 32.2. The van der Waals surface area contributed by atoms with Crippen molar-refractivity contribution in [3.63, 3.8) is 0 Å². The lowest BCUT2D eigenvalue weighted by molar-refractivity contribution is 0.111. The lowest BCUT2D eigenvalue weighted by atomic mass is 10.2. The van der Waals surface area contributed by atoms with Crippen LogP contribution in [0.2, 0.25) is 0 Å². The number of ether oxygens (including phenoxy) is 1. The van der Waals surface area contributed by atoms with Crippen LogP contribution in [0.3, 0.4) is 0 Å². The van der Waals surface area contributed by atoms with Gasteiger partial charge in [0.1, 0.15) is 0 Å². The van der Waals surface area contributed by atoms with Gasteiger partial charge in [-0.2, -0.15) is 9.57 Å². The summed E-state index contributed by atoms with van der Waals surface area (Å²) in [5.74, 6) is 0. The fourth-order valence-electron chi connectivity index (χ4n) is 2.92. The van der Waals surface area contributed by atoms with Gasteiger partial charge in [-0.1, -0.05) is 6.07 Å². The second-order valence-corrected chi connectivity index (χ2v) is 8.08. The molecule has 1 heterocycles. The molecule has 0 radical (unpaired) electrons. The van der Waals surface area contributed by atoms with Gasteiger partial charge in [0.05, 0.1) is 22.6 Å². The number of likely N-dealkylation sites (N-methyl/N-ethyl adjacent to an activating group) is 2. The molecule has 1 aliphatic heterocycles. The lowest BCUT2D eigenvalue weighted by Gasteiger charge is -2.25. The summed E-state index contributed by atoms with van der Waals surface area (Å²) in [6.07, 6.45) is 0.953. The summed E-state index contributed by atoms with van der Waals surface area (Å²) in [6, 6.07) is 6.85. The molecule has 23 heavy (non-hydrogen) atoms. The van der Waals surface area contributed by atoms with Crippen molar-refractivity contribution in [2.75, 3.05) is 34.3 Å². The number of aryl methyl sites for hydroxylation is 1. The monoisotopic (exact) mass is 337 g/mol. The number of sulfonamides is 1. The van der Waals surface area contributed by atoms with E-state index in [0.29, 0.717) is 17.7 Å². The largest absolute Gasteiger partial charge is 0.380 e. The highest BCUT2D eigenvalue weighted by molar-refractivity contribution is 7.89. The first-order chi connectivity index (χ1) is 10.8. The molecule has 2 atom stereocenters. The van der Waals surface area contributed by atoms with Gasteiger partial charge in [0.2, 0.25) is 10.0 Å². The maximum atomic E-state index is 12.8. The van der Waals surface area contributed by atoms with Gasteiger partial charge in [-0.3, -0.25) is 4.90 Å². The lowest BCUT2D eigenvalue weighted by Crippen LogP contribution is -2.39. The van der Waals surface area contributed by atoms with E-state index in [4.69, 9.17) is 10.00 Å². The number of nitrogens with zero attached hydrogens (tertiary/aromatic N) is 3. The summed E-state index contributed by atoms with van der Waals surface area (Å²) < 4.78 is 32.4. The summed E-state index contributed by atoms with van der Waals surface area (Å²) in [4.78, 5) is 2.32. The molecule has 0 aliphatic carbocycles. The van der Waals surface area contributed by atoms with Crippen molar-refractivity contribution < 1.29 is 13.2 Å². The maximum absolute atomic E-state index is 12.8. The Balaban J connectivity index is 2.21. The molecule has 0 aromatic heterocycles. The fraction of sp³-hybridized carbons (Fsp3) is 0.562. The van der Waals surface area contributed by atoms with E-state index >= 15 is 0 Å². The zero-order chi connectivity index (χ0) is 17.2. The SMILES string of the molecule is CO[C@H]1C[C@@H](CN(C)S(=O)(=O)c2cc(C#N)ccc2C)N(C)C1. The van der Waals surface area contributed by atoms with Gasteiger partial charge in [0, 0.05) is 33.3 Å². The molecule has 0 N–H and O–H groups in total. The molecule has 1 aliphatic rings. The highest BCUT2D eigenvalue weighted by Crippen LogP contribution is 2.24. The normalized spacial score (nSPS) is 22.4. The molecular weight excluding hydrogens is 314 g/mol. The molecule has 1 aromatic carbocycles. The van der Waals surface area contributed by atoms with E-state index in [2.05, 4.69) is 4.90 Å². The van der Waals surface area contributed by atoms with Crippen molar-refractivity contribution in [1.82, 2.24) is 9.21 Å². The van der Waals surface area contributed by atoms with Crippen LogP contribution in [-0.2, 0) is 14.8 Å². The Hall–Kier alpha value is -1.46. The third-order valence-corrected chi connectivity index (χ3v) is 6.42. The zero-order valence-electron chi connectivity index (χ0n) is 14.0. The van der Waals surface area contributed by atoms with E-state index in [-0.39, 0.29) is 17.0 Å². The molecule has 6 nitrogen and oxygen atoms in total.